The number of nitrogens with two attached hydrogens (primary N) is 1. The fourth-order valence-electron chi connectivity index (χ4n) is 1.84. The lowest BCUT2D eigenvalue weighted by atomic mass is 10.1. The number of halogens is 1. The van der Waals surface area contributed by atoms with Crippen LogP contribution in [0.3, 0.4) is 0 Å². The second-order valence-electron chi connectivity index (χ2n) is 4.29. The van der Waals surface area contributed by atoms with E-state index in [2.05, 4.69) is 14.6 Å². The number of hydrogen-bond acceptors (Lipinski definition) is 7. The maximum atomic E-state index is 6.24. The van der Waals surface area contributed by atoms with Gasteiger partial charge in [0.15, 0.2) is 0 Å². The van der Waals surface area contributed by atoms with Crippen LogP contribution in [0.1, 0.15) is 24.7 Å². The summed E-state index contributed by atoms with van der Waals surface area (Å²) < 4.78 is 9.96. The van der Waals surface area contributed by atoms with Crippen LogP contribution in [0.15, 0.2) is 39.8 Å². The molecule has 0 fully saturated rings. The van der Waals surface area contributed by atoms with Crippen molar-refractivity contribution in [3.05, 3.63) is 46.9 Å². The Balaban J connectivity index is 2.25. The van der Waals surface area contributed by atoms with Crippen molar-refractivity contribution < 1.29 is 13.7 Å². The summed E-state index contributed by atoms with van der Waals surface area (Å²) in [5.41, 5.74) is 1.72. The minimum absolute atomic E-state index is 0.506. The van der Waals surface area contributed by atoms with Gasteiger partial charge in [0.2, 0.25) is 0 Å². The van der Waals surface area contributed by atoms with Crippen LogP contribution in [0, 0.1) is 0 Å². The first-order valence-corrected chi connectivity index (χ1v) is 8.01. The highest BCUT2D eigenvalue weighted by Gasteiger charge is 2.13. The van der Waals surface area contributed by atoms with E-state index >= 15 is 0 Å². The minimum atomic E-state index is 0.506. The third-order valence-electron chi connectivity index (χ3n) is 2.89. The van der Waals surface area contributed by atoms with Gasteiger partial charge in [0.25, 0.3) is 0 Å². The lowest BCUT2D eigenvalue weighted by molar-refractivity contribution is -0.195. The van der Waals surface area contributed by atoms with Crippen LogP contribution in [-0.4, -0.2) is 4.86 Å². The van der Waals surface area contributed by atoms with Crippen LogP contribution in [-0.2, 0) is 15.9 Å². The first kappa shape index (κ1) is 17.3. The molecule has 0 spiro atoms. The maximum absolute atomic E-state index is 6.24. The van der Waals surface area contributed by atoms with E-state index in [9.17, 15) is 0 Å². The molecule has 118 valence electrons. The molecule has 0 saturated carbocycles. The van der Waals surface area contributed by atoms with Gasteiger partial charge in [-0.1, -0.05) is 30.7 Å². The third kappa shape index (κ3) is 4.45. The molecule has 5 nitrogen and oxygen atoms in total. The zero-order valence-corrected chi connectivity index (χ0v) is 14.2. The average molecular weight is 359 g/mol. The van der Waals surface area contributed by atoms with Crippen molar-refractivity contribution in [1.82, 2.24) is 0 Å². The number of benzene rings is 1. The topological polar surface area (TPSA) is 69.7 Å². The van der Waals surface area contributed by atoms with Crippen LogP contribution in [0.5, 0.6) is 0 Å². The highest BCUT2D eigenvalue weighted by atomic mass is 35.5. The van der Waals surface area contributed by atoms with Gasteiger partial charge in [-0.25, -0.2) is 0 Å². The molecule has 8 heteroatoms. The first-order valence-electron chi connectivity index (χ1n) is 6.48. The van der Waals surface area contributed by atoms with E-state index in [1.54, 1.807) is 12.3 Å². The number of furan rings is 1. The van der Waals surface area contributed by atoms with Gasteiger partial charge in [-0.05, 0) is 30.7 Å². The number of anilines is 1. The molecule has 0 bridgehead atoms. The van der Waals surface area contributed by atoms with Gasteiger partial charge in [0.1, 0.15) is 5.76 Å². The molecule has 1 heterocycles. The second kappa shape index (κ2) is 8.52. The van der Waals surface area contributed by atoms with E-state index in [0.29, 0.717) is 16.5 Å². The van der Waals surface area contributed by atoms with E-state index in [-0.39, 0.29) is 0 Å². The Bertz CT molecular complexity index is 635. The third-order valence-corrected chi connectivity index (χ3v) is 4.49. The van der Waals surface area contributed by atoms with Crippen LogP contribution < -0.4 is 11.2 Å². The molecule has 1 aromatic heterocycles. The van der Waals surface area contributed by atoms with Gasteiger partial charge in [-0.3, -0.25) is 0 Å². The van der Waals surface area contributed by atoms with Gasteiger partial charge < -0.3 is 9.73 Å². The second-order valence-corrected chi connectivity index (χ2v) is 5.93. The van der Waals surface area contributed by atoms with Crippen LogP contribution >= 0.6 is 35.9 Å². The van der Waals surface area contributed by atoms with Gasteiger partial charge in [0, 0.05) is 16.1 Å². The Morgan fingerprint density at radius 1 is 1.50 bits per heavy atom. The van der Waals surface area contributed by atoms with Gasteiger partial charge in [-0.15, -0.1) is 9.32 Å². The molecule has 2 rings (SSSR count). The number of rotatable bonds is 8. The molecular weight excluding hydrogens is 344 g/mol. The summed E-state index contributed by atoms with van der Waals surface area (Å²) in [7, 11) is 0. The average Bonchev–Trinajstić information content (AvgIpc) is 3.04. The lowest BCUT2D eigenvalue weighted by Crippen LogP contribution is -2.06. The molecule has 0 atom stereocenters. The number of nitrogens with one attached hydrogen (secondary N) is 1. The van der Waals surface area contributed by atoms with Crippen molar-refractivity contribution in [3.8, 4) is 0 Å². The minimum Gasteiger partial charge on any atom is -0.467 e. The monoisotopic (exact) mass is 358 g/mol. The Labute approximate surface area is 143 Å². The number of thiocarbonyl (C=S) groups is 1. The summed E-state index contributed by atoms with van der Waals surface area (Å²) in [5.74, 6) is 5.67. The summed E-state index contributed by atoms with van der Waals surface area (Å²) in [6.45, 7) is 2.54. The summed E-state index contributed by atoms with van der Waals surface area (Å²) >= 11 is 12.6. The Hall–Kier alpha value is -1.09. The molecule has 0 saturated heterocycles. The smallest absolute Gasteiger partial charge is 0.122 e. The van der Waals surface area contributed by atoms with E-state index < -0.39 is 0 Å². The van der Waals surface area contributed by atoms with Crippen molar-refractivity contribution in [2.75, 3.05) is 5.32 Å². The van der Waals surface area contributed by atoms with Crippen LogP contribution in [0.2, 0.25) is 5.02 Å². The SMILES string of the molecule is CCC(=S)c1cc(SOON)c(Cl)cc1NCc1ccco1. The van der Waals surface area contributed by atoms with Crippen LogP contribution in [0.25, 0.3) is 0 Å². The fraction of sp³-hybridized carbons (Fsp3) is 0.214. The van der Waals surface area contributed by atoms with Crippen molar-refractivity contribution in [2.24, 2.45) is 5.90 Å². The van der Waals surface area contributed by atoms with Gasteiger partial charge in [-0.2, -0.15) is 5.90 Å². The standard InChI is InChI=1S/C14H15ClN2O3S2/c1-2-13(21)10-6-14(22-20-19-16)11(15)7-12(10)17-8-9-4-3-5-18-9/h3-7,17H,2,8,16H2,1H3. The van der Waals surface area contributed by atoms with E-state index in [1.807, 2.05) is 25.1 Å². The Morgan fingerprint density at radius 3 is 2.95 bits per heavy atom. The molecule has 22 heavy (non-hydrogen) atoms. The largest absolute Gasteiger partial charge is 0.467 e. The highest BCUT2D eigenvalue weighted by molar-refractivity contribution is 7.94. The van der Waals surface area contributed by atoms with Gasteiger partial charge >= 0.3 is 0 Å². The predicted octanol–water partition coefficient (Wildman–Crippen LogP) is 4.50. The van der Waals surface area contributed by atoms with E-state index in [4.69, 9.17) is 34.1 Å². The Morgan fingerprint density at radius 2 is 2.32 bits per heavy atom. The van der Waals surface area contributed by atoms with Crippen molar-refractivity contribution in [3.63, 3.8) is 0 Å². The highest BCUT2D eigenvalue weighted by Crippen LogP contribution is 2.34. The zero-order valence-electron chi connectivity index (χ0n) is 11.8. The summed E-state index contributed by atoms with van der Waals surface area (Å²) in [4.78, 5) is 5.58. The summed E-state index contributed by atoms with van der Waals surface area (Å²) in [5, 5.41) is 3.79. The molecule has 0 aliphatic carbocycles. The molecule has 1 aromatic carbocycles. The molecule has 0 radical (unpaired) electrons. The predicted molar refractivity (Wildman–Crippen MR) is 91.7 cm³/mol. The normalized spacial score (nSPS) is 10.7. The number of hydrogen-bond donors (Lipinski definition) is 2. The van der Waals surface area contributed by atoms with Crippen molar-refractivity contribution >= 4 is 46.4 Å². The van der Waals surface area contributed by atoms with Crippen molar-refractivity contribution in [2.45, 2.75) is 24.8 Å². The molecule has 0 unspecified atom stereocenters. The summed E-state index contributed by atoms with van der Waals surface area (Å²) in [6, 6.07) is 7.38. The molecule has 0 aliphatic heterocycles. The van der Waals surface area contributed by atoms with Crippen molar-refractivity contribution in [1.29, 1.82) is 0 Å². The lowest BCUT2D eigenvalue weighted by Gasteiger charge is -2.14. The first-order chi connectivity index (χ1) is 10.7. The molecule has 3 N–H and O–H groups in total. The van der Waals surface area contributed by atoms with Crippen LogP contribution in [0.4, 0.5) is 5.69 Å². The molecule has 0 amide bonds. The molecule has 0 aliphatic rings. The fourth-order valence-corrected chi connectivity index (χ4v) is 2.68. The van der Waals surface area contributed by atoms with E-state index in [0.717, 1.165) is 40.3 Å². The zero-order chi connectivity index (χ0) is 15.9. The summed E-state index contributed by atoms with van der Waals surface area (Å²) in [6.07, 6.45) is 2.37. The quantitative estimate of drug-likeness (QED) is 0.236. The Kier molecular flexibility index (Phi) is 6.69. The maximum Gasteiger partial charge on any atom is 0.122 e. The molecule has 2 aromatic rings. The van der Waals surface area contributed by atoms with Gasteiger partial charge in [0.05, 0.1) is 34.8 Å². The molecular formula is C14H15ClN2O3S2. The van der Waals surface area contributed by atoms with E-state index in [1.165, 1.54) is 0 Å².